The van der Waals surface area contributed by atoms with Crippen molar-refractivity contribution in [2.24, 2.45) is 10.1 Å². The molecule has 1 amide bonds. The van der Waals surface area contributed by atoms with Crippen LogP contribution in [0.15, 0.2) is 64.2 Å². The Hall–Kier alpha value is -3.10. The maximum atomic E-state index is 12.4. The number of amides is 1. The van der Waals surface area contributed by atoms with Gasteiger partial charge in [0.05, 0.1) is 10.6 Å². The van der Waals surface area contributed by atoms with Crippen LogP contribution in [0, 0.1) is 5.41 Å². The van der Waals surface area contributed by atoms with E-state index in [2.05, 4.69) is 10.1 Å². The lowest BCUT2D eigenvalue weighted by Crippen LogP contribution is -2.35. The number of hydrazone groups is 1. The lowest BCUT2D eigenvalue weighted by atomic mass is 10.1. The number of nitrogens with zero attached hydrogens (tertiary/aromatic N) is 3. The monoisotopic (exact) mass is 454 g/mol. The number of carbonyl (C=O) groups is 1. The molecule has 2 aliphatic rings. The molecule has 1 N–H and O–H groups in total. The van der Waals surface area contributed by atoms with E-state index in [1.165, 1.54) is 16.8 Å². The van der Waals surface area contributed by atoms with Crippen LogP contribution in [0.1, 0.15) is 18.9 Å². The van der Waals surface area contributed by atoms with Crippen molar-refractivity contribution in [2.45, 2.75) is 13.3 Å². The fourth-order valence-electron chi connectivity index (χ4n) is 2.87. The molecule has 4 rings (SSSR count). The van der Waals surface area contributed by atoms with E-state index in [-0.39, 0.29) is 11.4 Å². The van der Waals surface area contributed by atoms with Crippen molar-refractivity contribution in [2.75, 3.05) is 13.2 Å². The Balaban J connectivity index is 1.36. The summed E-state index contributed by atoms with van der Waals surface area (Å²) >= 11 is 7.38. The van der Waals surface area contributed by atoms with Gasteiger partial charge in [0, 0.05) is 0 Å². The van der Waals surface area contributed by atoms with E-state index >= 15 is 0 Å². The average molecular weight is 455 g/mol. The molecule has 0 unspecified atom stereocenters. The summed E-state index contributed by atoms with van der Waals surface area (Å²) in [6.07, 6.45) is 2.37. The van der Waals surface area contributed by atoms with E-state index in [0.717, 1.165) is 17.0 Å². The van der Waals surface area contributed by atoms with Crippen LogP contribution in [0.3, 0.4) is 0 Å². The highest BCUT2D eigenvalue weighted by atomic mass is 35.5. The summed E-state index contributed by atoms with van der Waals surface area (Å²) in [4.78, 5) is 16.5. The molecular weight excluding hydrogens is 436 g/mol. The predicted molar refractivity (Wildman–Crippen MR) is 124 cm³/mol. The summed E-state index contributed by atoms with van der Waals surface area (Å²) in [5.74, 6) is 0.881. The molecule has 9 heteroatoms. The first-order chi connectivity index (χ1) is 15.0. The largest absolute Gasteiger partial charge is 0.490 e. The average Bonchev–Trinajstić information content (AvgIpc) is 3.19. The first-order valence-electron chi connectivity index (χ1n) is 9.64. The van der Waals surface area contributed by atoms with Crippen molar-refractivity contribution >= 4 is 51.4 Å². The van der Waals surface area contributed by atoms with Crippen LogP contribution in [-0.2, 0) is 4.79 Å². The van der Waals surface area contributed by atoms with Gasteiger partial charge < -0.3 is 9.47 Å². The minimum Gasteiger partial charge on any atom is -0.490 e. The Morgan fingerprint density at radius 1 is 1.13 bits per heavy atom. The molecule has 0 aliphatic carbocycles. The summed E-state index contributed by atoms with van der Waals surface area (Å²) in [5.41, 5.74) is 0.963. The molecular formula is C22H19ClN4O3S. The molecule has 2 heterocycles. The van der Waals surface area contributed by atoms with Crippen molar-refractivity contribution < 1.29 is 14.3 Å². The van der Waals surface area contributed by atoms with E-state index in [9.17, 15) is 4.79 Å². The summed E-state index contributed by atoms with van der Waals surface area (Å²) in [5, 5.41) is 15.9. The molecule has 0 radical (unpaired) electrons. The van der Waals surface area contributed by atoms with Gasteiger partial charge in [-0.3, -0.25) is 10.2 Å². The van der Waals surface area contributed by atoms with Crippen LogP contribution in [0.5, 0.6) is 11.5 Å². The highest BCUT2D eigenvalue weighted by Gasteiger charge is 2.34. The number of thioether (sulfide) groups is 1. The molecule has 2 aromatic carbocycles. The molecule has 0 saturated carbocycles. The highest BCUT2D eigenvalue weighted by molar-refractivity contribution is 8.26. The molecule has 158 valence electrons. The first-order valence-corrected chi connectivity index (χ1v) is 10.8. The third kappa shape index (κ3) is 4.81. The third-order valence-corrected chi connectivity index (χ3v) is 5.80. The van der Waals surface area contributed by atoms with Crippen molar-refractivity contribution in [3.8, 4) is 11.5 Å². The summed E-state index contributed by atoms with van der Waals surface area (Å²) in [7, 11) is 0. The van der Waals surface area contributed by atoms with Gasteiger partial charge in [0.1, 0.15) is 29.8 Å². The smallest absolute Gasteiger partial charge is 0.283 e. The van der Waals surface area contributed by atoms with Crippen molar-refractivity contribution in [3.63, 3.8) is 0 Å². The van der Waals surface area contributed by atoms with Crippen LogP contribution in [0.4, 0.5) is 0 Å². The fourth-order valence-corrected chi connectivity index (χ4v) is 3.89. The lowest BCUT2D eigenvalue weighted by molar-refractivity contribution is -0.114. The second kappa shape index (κ2) is 9.36. The Morgan fingerprint density at radius 3 is 2.61 bits per heavy atom. The van der Waals surface area contributed by atoms with Gasteiger partial charge >= 0.3 is 0 Å². The number of rotatable bonds is 7. The molecule has 0 spiro atoms. The first kappa shape index (κ1) is 21.1. The van der Waals surface area contributed by atoms with E-state index < -0.39 is 5.91 Å². The topological polar surface area (TPSA) is 87.3 Å². The number of ether oxygens (including phenoxy) is 2. The number of nitrogens with one attached hydrogen (secondary N) is 1. The molecule has 2 aromatic rings. The zero-order chi connectivity index (χ0) is 21.8. The van der Waals surface area contributed by atoms with Crippen LogP contribution in [-0.4, -0.2) is 40.2 Å². The molecule has 2 aliphatic heterocycles. The maximum Gasteiger partial charge on any atom is 0.283 e. The number of benzene rings is 2. The van der Waals surface area contributed by atoms with Gasteiger partial charge in [-0.1, -0.05) is 42.8 Å². The number of para-hydroxylation sites is 1. The van der Waals surface area contributed by atoms with Gasteiger partial charge in [-0.15, -0.1) is 0 Å². The highest BCUT2D eigenvalue weighted by Crippen LogP contribution is 2.29. The molecule has 0 fully saturated rings. The van der Waals surface area contributed by atoms with Crippen molar-refractivity contribution in [3.05, 3.63) is 64.7 Å². The molecule has 31 heavy (non-hydrogen) atoms. The number of halogens is 1. The van der Waals surface area contributed by atoms with Crippen LogP contribution in [0.25, 0.3) is 6.08 Å². The number of fused-ring (bicyclic) bond motifs is 1. The molecule has 0 aromatic heterocycles. The van der Waals surface area contributed by atoms with Crippen molar-refractivity contribution in [1.29, 1.82) is 5.41 Å². The number of hydrogen-bond donors (Lipinski definition) is 1. The normalized spacial score (nSPS) is 16.8. The number of carbonyl (C=O) groups excluding carboxylic acids is 1. The van der Waals surface area contributed by atoms with Crippen LogP contribution >= 0.6 is 23.4 Å². The van der Waals surface area contributed by atoms with Crippen molar-refractivity contribution in [1.82, 2.24) is 5.01 Å². The molecule has 7 nitrogen and oxygen atoms in total. The summed E-state index contributed by atoms with van der Waals surface area (Å²) in [6.45, 7) is 2.69. The Bertz CT molecular complexity index is 1110. The van der Waals surface area contributed by atoms with Gasteiger partial charge in [-0.05, 0) is 54.1 Å². The van der Waals surface area contributed by atoms with E-state index in [1.807, 2.05) is 31.2 Å². The van der Waals surface area contributed by atoms with E-state index in [1.54, 1.807) is 30.3 Å². The minimum absolute atomic E-state index is 0.0306. The van der Waals surface area contributed by atoms with E-state index in [0.29, 0.717) is 34.9 Å². The van der Waals surface area contributed by atoms with E-state index in [4.69, 9.17) is 26.5 Å². The van der Waals surface area contributed by atoms with Crippen LogP contribution < -0.4 is 9.47 Å². The number of hydrogen-bond acceptors (Lipinski definition) is 6. The maximum absolute atomic E-state index is 12.4. The summed E-state index contributed by atoms with van der Waals surface area (Å²) < 4.78 is 11.3. The summed E-state index contributed by atoms with van der Waals surface area (Å²) in [6, 6.07) is 14.5. The van der Waals surface area contributed by atoms with Gasteiger partial charge in [0.15, 0.2) is 5.84 Å². The number of amidine groups is 2. The van der Waals surface area contributed by atoms with Crippen LogP contribution in [0.2, 0.25) is 5.02 Å². The zero-order valence-electron chi connectivity index (χ0n) is 16.7. The third-order valence-electron chi connectivity index (χ3n) is 4.44. The quantitative estimate of drug-likeness (QED) is 0.478. The zero-order valence-corrected chi connectivity index (χ0v) is 18.2. The number of aliphatic imine (C=N–C) groups is 1. The Labute approximate surface area is 188 Å². The second-order valence-electron chi connectivity index (χ2n) is 6.56. The fraction of sp³-hybridized carbons (Fsp3) is 0.182. The predicted octanol–water partition coefficient (Wildman–Crippen LogP) is 4.83. The Kier molecular flexibility index (Phi) is 6.39. The van der Waals surface area contributed by atoms with Gasteiger partial charge in [-0.25, -0.2) is 0 Å². The lowest BCUT2D eigenvalue weighted by Gasteiger charge is -2.20. The standard InChI is InChI=1S/C22H19ClN4O3S/c1-2-19-26-27-20(24)16(21(28)25-22(27)31-19)13-14-7-9-15(10-8-14)29-11-12-30-18-6-4-3-5-17(18)23/h3-10,13,24H,2,11-12H2,1H3/b16-13+,24-20?. The second-order valence-corrected chi connectivity index (χ2v) is 8.01. The van der Waals surface area contributed by atoms with Gasteiger partial charge in [0.2, 0.25) is 5.17 Å². The molecule has 0 atom stereocenters. The molecule has 0 saturated heterocycles. The van der Waals surface area contributed by atoms with Gasteiger partial charge in [0.25, 0.3) is 5.91 Å². The van der Waals surface area contributed by atoms with Gasteiger partial charge in [-0.2, -0.15) is 15.1 Å². The minimum atomic E-state index is -0.437. The SMILES string of the molecule is CCC1=NN2C(=N)/C(=C\c3ccc(OCCOc4ccccc4Cl)cc3)C(=O)N=C2S1. The Morgan fingerprint density at radius 2 is 1.87 bits per heavy atom. The molecule has 0 bridgehead atoms.